The van der Waals surface area contributed by atoms with Gasteiger partial charge in [0.1, 0.15) is 6.61 Å². The second-order valence-corrected chi connectivity index (χ2v) is 10.1. The van der Waals surface area contributed by atoms with Crippen LogP contribution in [0, 0.1) is 23.7 Å². The largest absolute Gasteiger partial charge is 0.443 e. The number of fused-ring (bicyclic) bond motifs is 3. The molecule has 0 unspecified atom stereocenters. The van der Waals surface area contributed by atoms with Crippen LogP contribution in [0.5, 0.6) is 0 Å². The Bertz CT molecular complexity index is 1190. The van der Waals surface area contributed by atoms with Crippen molar-refractivity contribution in [3.05, 3.63) is 71.8 Å². The summed E-state index contributed by atoms with van der Waals surface area (Å²) >= 11 is 0. The van der Waals surface area contributed by atoms with Crippen molar-refractivity contribution < 1.29 is 29.3 Å². The molecule has 3 N–H and O–H groups in total. The van der Waals surface area contributed by atoms with Gasteiger partial charge in [-0.15, -0.1) is 0 Å². The minimum Gasteiger partial charge on any atom is -0.443 e. The zero-order valence-electron chi connectivity index (χ0n) is 20.6. The van der Waals surface area contributed by atoms with Crippen LogP contribution in [0.3, 0.4) is 0 Å². The number of hydrogen-bond acceptors (Lipinski definition) is 7. The molecular weight excluding hydrogens is 474 g/mol. The number of hydrazone groups is 1. The van der Waals surface area contributed by atoms with E-state index in [9.17, 15) is 24.6 Å². The number of nitrogens with one attached hydrogen (secondary N) is 1. The molecule has 9 nitrogen and oxygen atoms in total. The predicted molar refractivity (Wildman–Crippen MR) is 134 cm³/mol. The summed E-state index contributed by atoms with van der Waals surface area (Å²) in [7, 11) is 0. The third-order valence-corrected chi connectivity index (χ3v) is 7.99. The first-order chi connectivity index (χ1) is 17.9. The number of rotatable bonds is 5. The van der Waals surface area contributed by atoms with Gasteiger partial charge in [-0.2, -0.15) is 5.10 Å². The van der Waals surface area contributed by atoms with E-state index in [0.717, 1.165) is 11.1 Å². The molecule has 0 spiro atoms. The molecular formula is C28H31N3O6. The molecule has 5 rings (SSSR count). The summed E-state index contributed by atoms with van der Waals surface area (Å²) in [5.74, 6) is -2.89. The predicted octanol–water partition coefficient (Wildman–Crippen LogP) is 2.78. The van der Waals surface area contributed by atoms with E-state index in [1.165, 1.54) is 4.90 Å². The number of aliphatic hydroxyl groups is 2. The number of nitrogens with zero attached hydrogens (tertiary/aromatic N) is 2. The smallest absolute Gasteiger partial charge is 0.428 e. The summed E-state index contributed by atoms with van der Waals surface area (Å²) in [6.07, 6.45) is -2.03. The van der Waals surface area contributed by atoms with E-state index >= 15 is 0 Å². The Morgan fingerprint density at radius 3 is 2.38 bits per heavy atom. The van der Waals surface area contributed by atoms with Crippen LogP contribution in [0.15, 0.2) is 65.8 Å². The van der Waals surface area contributed by atoms with Crippen LogP contribution in [-0.2, 0) is 20.9 Å². The van der Waals surface area contributed by atoms with Gasteiger partial charge < -0.3 is 14.9 Å². The normalized spacial score (nSPS) is 31.0. The van der Waals surface area contributed by atoms with E-state index < -0.39 is 42.1 Å². The summed E-state index contributed by atoms with van der Waals surface area (Å²) < 4.78 is 5.21. The van der Waals surface area contributed by atoms with Crippen LogP contribution in [-0.4, -0.2) is 50.9 Å². The molecule has 2 aromatic rings. The average Bonchev–Trinajstić information content (AvgIpc) is 3.18. The second-order valence-electron chi connectivity index (χ2n) is 10.1. The Hall–Kier alpha value is -3.56. The Morgan fingerprint density at radius 1 is 1.03 bits per heavy atom. The van der Waals surface area contributed by atoms with Gasteiger partial charge >= 0.3 is 6.09 Å². The maximum absolute atomic E-state index is 13.6. The van der Waals surface area contributed by atoms with Crippen molar-refractivity contribution in [2.75, 3.05) is 0 Å². The highest BCUT2D eigenvalue weighted by Crippen LogP contribution is 2.50. The van der Waals surface area contributed by atoms with E-state index in [4.69, 9.17) is 4.74 Å². The van der Waals surface area contributed by atoms with Crippen LogP contribution < -0.4 is 5.43 Å². The molecule has 3 fully saturated rings. The molecule has 7 atom stereocenters. The highest BCUT2D eigenvalue weighted by molar-refractivity contribution is 6.06. The lowest BCUT2D eigenvalue weighted by molar-refractivity contribution is -0.144. The minimum absolute atomic E-state index is 0.0605. The Balaban J connectivity index is 1.33. The van der Waals surface area contributed by atoms with Crippen molar-refractivity contribution in [1.29, 1.82) is 0 Å². The van der Waals surface area contributed by atoms with E-state index in [2.05, 4.69) is 10.5 Å². The van der Waals surface area contributed by atoms with Crippen LogP contribution in [0.2, 0.25) is 0 Å². The second kappa shape index (κ2) is 10.4. The number of ether oxygens (including phenoxy) is 1. The van der Waals surface area contributed by atoms with Crippen molar-refractivity contribution in [2.24, 2.45) is 28.8 Å². The van der Waals surface area contributed by atoms with E-state index in [0.29, 0.717) is 18.6 Å². The van der Waals surface area contributed by atoms with Crippen LogP contribution in [0.4, 0.5) is 4.79 Å². The standard InChI is InChI=1S/C28H31N3O6/c1-16(18-10-6-3-7-11-18)31-26(34)20-13-12-19-21(14-22(32)25(33)23(19)24(20)27(31)35)29-30-28(36)37-15-17-8-4-2-5-9-17/h2-11,16,19-20,22-25,32-33H,12-15H2,1H3,(H,30,36)/b29-21+/t16-,19-,20+,22+,23-,24+,25+/m0/s1. The molecule has 0 aromatic heterocycles. The van der Waals surface area contributed by atoms with Gasteiger partial charge in [0, 0.05) is 24.0 Å². The Labute approximate surface area is 215 Å². The first-order valence-electron chi connectivity index (χ1n) is 12.7. The van der Waals surface area contributed by atoms with Crippen molar-refractivity contribution in [3.63, 3.8) is 0 Å². The number of benzene rings is 2. The number of likely N-dealkylation sites (tertiary alicyclic amines) is 1. The third kappa shape index (κ3) is 4.76. The fourth-order valence-electron chi connectivity index (χ4n) is 6.16. The average molecular weight is 506 g/mol. The van der Waals surface area contributed by atoms with E-state index in [1.807, 2.05) is 67.6 Å². The molecule has 37 heavy (non-hydrogen) atoms. The Morgan fingerprint density at radius 2 is 1.68 bits per heavy atom. The van der Waals surface area contributed by atoms with Crippen molar-refractivity contribution >= 4 is 23.6 Å². The molecule has 2 aliphatic carbocycles. The SMILES string of the molecule is C[C@@H](c1ccccc1)N1C(=O)[C@H]2[C@H]3[C@H](O)[C@H](O)C/C(=N\NC(=O)OCc4ccccc4)[C@@H]3CC[C@H]2C1=O. The zero-order chi connectivity index (χ0) is 26.1. The van der Waals surface area contributed by atoms with Crippen LogP contribution in [0.1, 0.15) is 43.4 Å². The monoisotopic (exact) mass is 505 g/mol. The lowest BCUT2D eigenvalue weighted by Gasteiger charge is -2.45. The lowest BCUT2D eigenvalue weighted by atomic mass is 9.60. The van der Waals surface area contributed by atoms with Crippen molar-refractivity contribution in [2.45, 2.75) is 51.0 Å². The van der Waals surface area contributed by atoms with Crippen molar-refractivity contribution in [3.8, 4) is 0 Å². The maximum atomic E-state index is 13.6. The molecule has 1 saturated heterocycles. The fraction of sp³-hybridized carbons (Fsp3) is 0.429. The summed E-state index contributed by atoms with van der Waals surface area (Å²) in [5, 5.41) is 25.9. The molecule has 2 aromatic carbocycles. The van der Waals surface area contributed by atoms with E-state index in [1.54, 1.807) is 0 Å². The molecule has 1 aliphatic heterocycles. The topological polar surface area (TPSA) is 129 Å². The molecule has 0 radical (unpaired) electrons. The number of carbonyl (C=O) groups is 3. The van der Waals surface area contributed by atoms with Gasteiger partial charge in [-0.25, -0.2) is 10.2 Å². The van der Waals surface area contributed by atoms with Gasteiger partial charge in [0.15, 0.2) is 0 Å². The zero-order valence-corrected chi connectivity index (χ0v) is 20.6. The molecule has 9 heteroatoms. The van der Waals surface area contributed by atoms with Gasteiger partial charge in [-0.05, 0) is 30.9 Å². The quantitative estimate of drug-likeness (QED) is 0.423. The number of carbonyl (C=O) groups excluding carboxylic acids is 3. The number of aliphatic hydroxyl groups excluding tert-OH is 2. The molecule has 1 heterocycles. The Kier molecular flexibility index (Phi) is 7.08. The van der Waals surface area contributed by atoms with E-state index in [-0.39, 0.29) is 30.8 Å². The highest BCUT2D eigenvalue weighted by atomic mass is 16.6. The number of hydrogen-bond donors (Lipinski definition) is 3. The lowest BCUT2D eigenvalue weighted by Crippen LogP contribution is -2.55. The number of amides is 3. The van der Waals surface area contributed by atoms with Gasteiger partial charge in [-0.3, -0.25) is 14.5 Å². The molecule has 2 saturated carbocycles. The van der Waals surface area contributed by atoms with Gasteiger partial charge in [0.25, 0.3) is 0 Å². The van der Waals surface area contributed by atoms with Gasteiger partial charge in [0.2, 0.25) is 11.8 Å². The molecule has 3 aliphatic rings. The summed E-state index contributed by atoms with van der Waals surface area (Å²) in [5.41, 5.74) is 4.57. The minimum atomic E-state index is -1.18. The molecule has 0 bridgehead atoms. The molecule has 3 amide bonds. The van der Waals surface area contributed by atoms with Gasteiger partial charge in [0.05, 0.1) is 30.1 Å². The van der Waals surface area contributed by atoms with Crippen LogP contribution >= 0.6 is 0 Å². The van der Waals surface area contributed by atoms with Crippen molar-refractivity contribution in [1.82, 2.24) is 10.3 Å². The highest BCUT2D eigenvalue weighted by Gasteiger charge is 2.60. The molecule has 194 valence electrons. The van der Waals surface area contributed by atoms with Gasteiger partial charge in [-0.1, -0.05) is 60.7 Å². The maximum Gasteiger partial charge on any atom is 0.428 e. The third-order valence-electron chi connectivity index (χ3n) is 7.99. The first kappa shape index (κ1) is 25.1. The summed E-state index contributed by atoms with van der Waals surface area (Å²) in [6, 6.07) is 18.1. The summed E-state index contributed by atoms with van der Waals surface area (Å²) in [4.78, 5) is 40.6. The number of imide groups is 1. The first-order valence-corrected chi connectivity index (χ1v) is 12.7. The van der Waals surface area contributed by atoms with Crippen LogP contribution in [0.25, 0.3) is 0 Å². The fourth-order valence-corrected chi connectivity index (χ4v) is 6.16. The summed E-state index contributed by atoms with van der Waals surface area (Å²) in [6.45, 7) is 1.91.